The minimum absolute atomic E-state index is 0.127. The molecule has 2 fully saturated rings. The summed E-state index contributed by atoms with van der Waals surface area (Å²) in [6.07, 6.45) is 4.68. The van der Waals surface area contributed by atoms with E-state index in [1.54, 1.807) is 12.3 Å². The Kier molecular flexibility index (Phi) is 5.24. The summed E-state index contributed by atoms with van der Waals surface area (Å²) in [6.45, 7) is 6.07. The summed E-state index contributed by atoms with van der Waals surface area (Å²) in [6, 6.07) is 3.81. The lowest BCUT2D eigenvalue weighted by molar-refractivity contribution is -0.218. The van der Waals surface area contributed by atoms with Gasteiger partial charge in [0.25, 0.3) is 0 Å². The molecule has 0 N–H and O–H groups in total. The first-order chi connectivity index (χ1) is 12.1. The molecule has 25 heavy (non-hydrogen) atoms. The van der Waals surface area contributed by atoms with Gasteiger partial charge in [-0.15, -0.1) is 6.58 Å². The second-order valence-corrected chi connectivity index (χ2v) is 6.51. The number of nitrogens with zero attached hydrogens (tertiary/aromatic N) is 2. The number of esters is 1. The fourth-order valence-electron chi connectivity index (χ4n) is 3.88. The van der Waals surface area contributed by atoms with Crippen LogP contribution in [-0.2, 0) is 25.7 Å². The van der Waals surface area contributed by atoms with Crippen molar-refractivity contribution in [1.82, 2.24) is 9.96 Å². The molecule has 2 aliphatic rings. The summed E-state index contributed by atoms with van der Waals surface area (Å²) in [7, 11) is 1.36. The van der Waals surface area contributed by atoms with Gasteiger partial charge in [-0.1, -0.05) is 6.08 Å². The average molecular weight is 348 g/mol. The number of methoxy groups -OCH3 is 1. The average Bonchev–Trinajstić information content (AvgIpc) is 3.22. The van der Waals surface area contributed by atoms with Gasteiger partial charge in [0.2, 0.25) is 5.91 Å². The van der Waals surface area contributed by atoms with Crippen LogP contribution in [0, 0.1) is 5.92 Å². The Hall–Kier alpha value is -2.12. The molecule has 136 valence electrons. The number of likely N-dealkylation sites (tertiary alicyclic amines) is 1. The van der Waals surface area contributed by atoms with Crippen LogP contribution >= 0.6 is 0 Å². The van der Waals surface area contributed by atoms with Gasteiger partial charge in [0.15, 0.2) is 0 Å². The number of carbonyl (C=O) groups excluding carboxylic acids is 2. The number of ether oxygens (including phenoxy) is 1. The quantitative estimate of drug-likeness (QED) is 0.576. The number of hydroxylamine groups is 2. The molecular weight excluding hydrogens is 324 g/mol. The Labute approximate surface area is 147 Å². The van der Waals surface area contributed by atoms with Crippen LogP contribution in [0.3, 0.4) is 0 Å². The molecule has 0 aromatic carbocycles. The van der Waals surface area contributed by atoms with Crippen molar-refractivity contribution >= 4 is 11.9 Å². The molecule has 1 aromatic rings. The molecule has 2 saturated heterocycles. The lowest BCUT2D eigenvalue weighted by atomic mass is 9.77. The summed E-state index contributed by atoms with van der Waals surface area (Å²) >= 11 is 0. The van der Waals surface area contributed by atoms with E-state index in [4.69, 9.17) is 14.0 Å². The number of carbonyl (C=O) groups is 2. The monoisotopic (exact) mass is 348 g/mol. The molecule has 3 heterocycles. The number of hydrogen-bond acceptors (Lipinski definition) is 6. The molecule has 3 rings (SSSR count). The van der Waals surface area contributed by atoms with E-state index in [9.17, 15) is 9.59 Å². The van der Waals surface area contributed by atoms with Crippen molar-refractivity contribution in [3.05, 3.63) is 36.8 Å². The van der Waals surface area contributed by atoms with E-state index < -0.39 is 11.5 Å². The third kappa shape index (κ3) is 3.34. The van der Waals surface area contributed by atoms with Crippen LogP contribution in [0.1, 0.15) is 25.0 Å². The van der Waals surface area contributed by atoms with Gasteiger partial charge in [0, 0.05) is 19.5 Å². The molecule has 1 aromatic heterocycles. The van der Waals surface area contributed by atoms with Crippen LogP contribution in [0.15, 0.2) is 35.5 Å². The van der Waals surface area contributed by atoms with Crippen molar-refractivity contribution in [3.8, 4) is 0 Å². The Bertz CT molecular complexity index is 619. The second kappa shape index (κ2) is 7.41. The number of rotatable bonds is 6. The van der Waals surface area contributed by atoms with Crippen LogP contribution in [-0.4, -0.2) is 54.2 Å². The Morgan fingerprint density at radius 2 is 2.24 bits per heavy atom. The largest absolute Gasteiger partial charge is 0.469 e. The van der Waals surface area contributed by atoms with Crippen molar-refractivity contribution in [1.29, 1.82) is 0 Å². The van der Waals surface area contributed by atoms with Crippen LogP contribution in [0.5, 0.6) is 0 Å². The van der Waals surface area contributed by atoms with Crippen LogP contribution < -0.4 is 0 Å². The molecule has 1 atom stereocenters. The summed E-state index contributed by atoms with van der Waals surface area (Å²) in [5.41, 5.74) is -0.646. The third-order valence-electron chi connectivity index (χ3n) is 5.15. The zero-order valence-electron chi connectivity index (χ0n) is 14.5. The Morgan fingerprint density at radius 3 is 2.84 bits per heavy atom. The maximum absolute atomic E-state index is 12.5. The SMILES string of the molecule is C=CCON1C(=O)CC(C(=O)OC)C12CCN(Cc1ccco1)CC2. The van der Waals surface area contributed by atoms with Gasteiger partial charge in [0.05, 0.1) is 38.0 Å². The van der Waals surface area contributed by atoms with Gasteiger partial charge >= 0.3 is 5.97 Å². The molecule has 7 heteroatoms. The zero-order valence-corrected chi connectivity index (χ0v) is 14.5. The maximum Gasteiger partial charge on any atom is 0.311 e. The van der Waals surface area contributed by atoms with Crippen molar-refractivity contribution in [3.63, 3.8) is 0 Å². The highest BCUT2D eigenvalue weighted by Gasteiger charge is 2.58. The minimum Gasteiger partial charge on any atom is -0.469 e. The van der Waals surface area contributed by atoms with Gasteiger partial charge in [-0.3, -0.25) is 19.3 Å². The van der Waals surface area contributed by atoms with Gasteiger partial charge < -0.3 is 9.15 Å². The molecule has 7 nitrogen and oxygen atoms in total. The standard InChI is InChI=1S/C18H24N2O5/c1-3-10-25-20-16(21)12-15(17(22)23-2)18(20)6-8-19(9-7-18)13-14-5-4-11-24-14/h3-5,11,15H,1,6-10,12-13H2,2H3. The van der Waals surface area contributed by atoms with E-state index in [2.05, 4.69) is 11.5 Å². The topological polar surface area (TPSA) is 72.2 Å². The molecule has 1 unspecified atom stereocenters. The normalized spacial score (nSPS) is 23.2. The summed E-state index contributed by atoms with van der Waals surface area (Å²) in [5, 5.41) is 1.42. The van der Waals surface area contributed by atoms with E-state index in [0.717, 1.165) is 18.8 Å². The first-order valence-corrected chi connectivity index (χ1v) is 8.50. The lowest BCUT2D eigenvalue weighted by Gasteiger charge is -2.45. The predicted molar refractivity (Wildman–Crippen MR) is 89.1 cm³/mol. The summed E-state index contributed by atoms with van der Waals surface area (Å²) in [4.78, 5) is 32.6. The number of furan rings is 1. The molecular formula is C18H24N2O5. The number of hydrogen-bond donors (Lipinski definition) is 0. The van der Waals surface area contributed by atoms with Crippen LogP contribution in [0.2, 0.25) is 0 Å². The van der Waals surface area contributed by atoms with Crippen molar-refractivity contribution < 1.29 is 23.6 Å². The predicted octanol–water partition coefficient (Wildman–Crippen LogP) is 1.75. The van der Waals surface area contributed by atoms with E-state index >= 15 is 0 Å². The van der Waals surface area contributed by atoms with E-state index in [0.29, 0.717) is 19.4 Å². The molecule has 0 bridgehead atoms. The zero-order chi connectivity index (χ0) is 17.9. The van der Waals surface area contributed by atoms with Gasteiger partial charge in [0.1, 0.15) is 5.76 Å². The Morgan fingerprint density at radius 1 is 1.48 bits per heavy atom. The van der Waals surface area contributed by atoms with Gasteiger partial charge in [-0.05, 0) is 25.0 Å². The number of piperidine rings is 1. The van der Waals surface area contributed by atoms with Gasteiger partial charge in [-0.25, -0.2) is 5.06 Å². The third-order valence-corrected chi connectivity index (χ3v) is 5.15. The molecule has 1 amide bonds. The van der Waals surface area contributed by atoms with E-state index in [1.165, 1.54) is 12.2 Å². The second-order valence-electron chi connectivity index (χ2n) is 6.51. The molecule has 0 radical (unpaired) electrons. The Balaban J connectivity index is 1.75. The molecule has 0 saturated carbocycles. The van der Waals surface area contributed by atoms with Crippen LogP contribution in [0.25, 0.3) is 0 Å². The highest BCUT2D eigenvalue weighted by molar-refractivity contribution is 5.88. The summed E-state index contributed by atoms with van der Waals surface area (Å²) in [5.74, 6) is -0.113. The maximum atomic E-state index is 12.5. The minimum atomic E-state index is -0.646. The first kappa shape index (κ1) is 17.7. The van der Waals surface area contributed by atoms with Crippen LogP contribution in [0.4, 0.5) is 0 Å². The lowest BCUT2D eigenvalue weighted by Crippen LogP contribution is -2.57. The molecule has 0 aliphatic carbocycles. The highest BCUT2D eigenvalue weighted by atomic mass is 16.7. The smallest absolute Gasteiger partial charge is 0.311 e. The summed E-state index contributed by atoms with van der Waals surface area (Å²) < 4.78 is 10.4. The molecule has 1 spiro atoms. The van der Waals surface area contributed by atoms with Crippen molar-refractivity contribution in [2.75, 3.05) is 26.8 Å². The van der Waals surface area contributed by atoms with E-state index in [-0.39, 0.29) is 24.9 Å². The van der Waals surface area contributed by atoms with E-state index in [1.807, 2.05) is 12.1 Å². The fourth-order valence-corrected chi connectivity index (χ4v) is 3.88. The van der Waals surface area contributed by atoms with Crippen molar-refractivity contribution in [2.45, 2.75) is 31.3 Å². The van der Waals surface area contributed by atoms with Gasteiger partial charge in [-0.2, -0.15) is 0 Å². The fraction of sp³-hybridized carbons (Fsp3) is 0.556. The molecule has 2 aliphatic heterocycles. The first-order valence-electron chi connectivity index (χ1n) is 8.50. The number of amides is 1. The van der Waals surface area contributed by atoms with Crippen molar-refractivity contribution in [2.24, 2.45) is 5.92 Å². The highest BCUT2D eigenvalue weighted by Crippen LogP contribution is 2.44.